The molecule has 0 spiro atoms. The van der Waals surface area contributed by atoms with E-state index < -0.39 is 0 Å². The van der Waals surface area contributed by atoms with Crippen molar-refractivity contribution in [1.82, 2.24) is 14.9 Å². The lowest BCUT2D eigenvalue weighted by molar-refractivity contribution is 0.0286. The summed E-state index contributed by atoms with van der Waals surface area (Å²) in [5.41, 5.74) is 2.05. The van der Waals surface area contributed by atoms with Crippen molar-refractivity contribution >= 4 is 11.6 Å². The van der Waals surface area contributed by atoms with E-state index >= 15 is 0 Å². The van der Waals surface area contributed by atoms with Crippen molar-refractivity contribution < 1.29 is 4.74 Å². The Bertz CT molecular complexity index is 578. The van der Waals surface area contributed by atoms with E-state index in [2.05, 4.69) is 14.9 Å². The molecule has 0 saturated carbocycles. The van der Waals surface area contributed by atoms with Crippen molar-refractivity contribution in [3.05, 3.63) is 41.8 Å². The molecule has 1 aromatic carbocycles. The van der Waals surface area contributed by atoms with Crippen molar-refractivity contribution in [1.29, 1.82) is 0 Å². The molecule has 0 amide bonds. The zero-order valence-corrected chi connectivity index (χ0v) is 12.7. The first-order chi connectivity index (χ1) is 10.3. The van der Waals surface area contributed by atoms with Gasteiger partial charge in [-0.3, -0.25) is 0 Å². The number of nitrogens with zero attached hydrogens (tertiary/aromatic N) is 2. The molecule has 5 heteroatoms. The van der Waals surface area contributed by atoms with Crippen LogP contribution in [0.2, 0.25) is 5.02 Å². The van der Waals surface area contributed by atoms with E-state index in [-0.39, 0.29) is 0 Å². The second kappa shape index (κ2) is 7.07. The third-order valence-electron chi connectivity index (χ3n) is 3.83. The summed E-state index contributed by atoms with van der Waals surface area (Å²) >= 11 is 6.26. The van der Waals surface area contributed by atoms with E-state index in [0.29, 0.717) is 12.7 Å². The van der Waals surface area contributed by atoms with Crippen molar-refractivity contribution in [3.63, 3.8) is 0 Å². The zero-order chi connectivity index (χ0) is 14.5. The Morgan fingerprint density at radius 3 is 2.90 bits per heavy atom. The monoisotopic (exact) mass is 305 g/mol. The van der Waals surface area contributed by atoms with Gasteiger partial charge in [0.2, 0.25) is 0 Å². The van der Waals surface area contributed by atoms with Gasteiger partial charge in [0.05, 0.1) is 30.9 Å². The summed E-state index contributed by atoms with van der Waals surface area (Å²) < 4.78 is 8.06. The Balaban J connectivity index is 1.62. The standard InChI is InChI=1S/C16H20ClN3O/c17-15-4-2-1-3-14(15)16-11-19-12-20(16)9-10-21-13-5-7-18-8-6-13/h1-4,11-13,18H,5-10H2. The Morgan fingerprint density at radius 2 is 2.10 bits per heavy atom. The van der Waals surface area contributed by atoms with Crippen LogP contribution in [0.4, 0.5) is 0 Å². The van der Waals surface area contributed by atoms with E-state index in [4.69, 9.17) is 16.3 Å². The number of hydrogen-bond donors (Lipinski definition) is 1. The second-order valence-electron chi connectivity index (χ2n) is 5.27. The van der Waals surface area contributed by atoms with Gasteiger partial charge >= 0.3 is 0 Å². The Labute approximate surface area is 130 Å². The van der Waals surface area contributed by atoms with Crippen LogP contribution in [0.25, 0.3) is 11.3 Å². The van der Waals surface area contributed by atoms with Crippen LogP contribution in [0, 0.1) is 0 Å². The number of hydrogen-bond acceptors (Lipinski definition) is 3. The third kappa shape index (κ3) is 3.64. The van der Waals surface area contributed by atoms with Gasteiger partial charge in [-0.2, -0.15) is 0 Å². The quantitative estimate of drug-likeness (QED) is 0.923. The summed E-state index contributed by atoms with van der Waals surface area (Å²) in [5.74, 6) is 0. The van der Waals surface area contributed by atoms with E-state index in [1.165, 1.54) is 0 Å². The maximum atomic E-state index is 6.26. The molecule has 1 fully saturated rings. The minimum Gasteiger partial charge on any atom is -0.376 e. The average Bonchev–Trinajstić information content (AvgIpc) is 2.97. The lowest BCUT2D eigenvalue weighted by atomic mass is 10.1. The number of halogens is 1. The Hall–Kier alpha value is -1.36. The van der Waals surface area contributed by atoms with Gasteiger partial charge in [0.25, 0.3) is 0 Å². The van der Waals surface area contributed by atoms with Gasteiger partial charge in [-0.1, -0.05) is 29.8 Å². The molecule has 2 aromatic rings. The Kier molecular flexibility index (Phi) is 4.91. The van der Waals surface area contributed by atoms with Gasteiger partial charge < -0.3 is 14.6 Å². The van der Waals surface area contributed by atoms with Crippen molar-refractivity contribution in [2.24, 2.45) is 0 Å². The van der Waals surface area contributed by atoms with E-state index in [1.807, 2.05) is 36.8 Å². The highest BCUT2D eigenvalue weighted by molar-refractivity contribution is 6.33. The molecular weight excluding hydrogens is 286 g/mol. The zero-order valence-electron chi connectivity index (χ0n) is 12.0. The molecule has 4 nitrogen and oxygen atoms in total. The summed E-state index contributed by atoms with van der Waals surface area (Å²) in [5, 5.41) is 4.09. The molecule has 112 valence electrons. The first-order valence-electron chi connectivity index (χ1n) is 7.42. The molecule has 3 rings (SSSR count). The van der Waals surface area contributed by atoms with Crippen molar-refractivity contribution in [2.45, 2.75) is 25.5 Å². The molecule has 1 aliphatic heterocycles. The Morgan fingerprint density at radius 1 is 1.29 bits per heavy atom. The first-order valence-corrected chi connectivity index (χ1v) is 7.80. The summed E-state index contributed by atoms with van der Waals surface area (Å²) in [6, 6.07) is 7.85. The molecular formula is C16H20ClN3O. The number of imidazole rings is 1. The van der Waals surface area contributed by atoms with Gasteiger partial charge in [0.15, 0.2) is 0 Å². The van der Waals surface area contributed by atoms with Crippen LogP contribution in [0.15, 0.2) is 36.8 Å². The molecule has 1 aromatic heterocycles. The predicted octanol–water partition coefficient (Wildman–Crippen LogP) is 2.97. The number of ether oxygens (including phenoxy) is 1. The van der Waals surface area contributed by atoms with Crippen molar-refractivity contribution in [2.75, 3.05) is 19.7 Å². The SMILES string of the molecule is Clc1ccccc1-c1cncn1CCOC1CCNCC1. The topological polar surface area (TPSA) is 39.1 Å². The molecule has 2 heterocycles. The average molecular weight is 306 g/mol. The highest BCUT2D eigenvalue weighted by atomic mass is 35.5. The maximum Gasteiger partial charge on any atom is 0.0951 e. The van der Waals surface area contributed by atoms with Crippen LogP contribution in [0.1, 0.15) is 12.8 Å². The summed E-state index contributed by atoms with van der Waals surface area (Å²) in [6.45, 7) is 3.62. The molecule has 0 atom stereocenters. The third-order valence-corrected chi connectivity index (χ3v) is 4.16. The number of aromatic nitrogens is 2. The summed E-state index contributed by atoms with van der Waals surface area (Å²) in [4.78, 5) is 4.24. The largest absolute Gasteiger partial charge is 0.376 e. The van der Waals surface area contributed by atoms with Gasteiger partial charge in [-0.25, -0.2) is 4.98 Å². The van der Waals surface area contributed by atoms with Crippen molar-refractivity contribution in [3.8, 4) is 11.3 Å². The molecule has 1 saturated heterocycles. The second-order valence-corrected chi connectivity index (χ2v) is 5.68. The maximum absolute atomic E-state index is 6.26. The summed E-state index contributed by atoms with van der Waals surface area (Å²) in [7, 11) is 0. The minimum atomic E-state index is 0.388. The smallest absolute Gasteiger partial charge is 0.0951 e. The number of benzene rings is 1. The van der Waals surface area contributed by atoms with Crippen LogP contribution in [-0.2, 0) is 11.3 Å². The molecule has 0 unspecified atom stereocenters. The molecule has 21 heavy (non-hydrogen) atoms. The number of nitrogens with one attached hydrogen (secondary N) is 1. The van der Waals surface area contributed by atoms with Gasteiger partial charge in [-0.05, 0) is 32.0 Å². The van der Waals surface area contributed by atoms with E-state index in [9.17, 15) is 0 Å². The van der Waals surface area contributed by atoms with E-state index in [0.717, 1.165) is 48.8 Å². The molecule has 1 N–H and O–H groups in total. The van der Waals surface area contributed by atoms with Gasteiger partial charge in [0.1, 0.15) is 0 Å². The number of piperidine rings is 1. The van der Waals surface area contributed by atoms with Gasteiger partial charge in [0, 0.05) is 17.1 Å². The normalized spacial score (nSPS) is 16.2. The summed E-state index contributed by atoms with van der Waals surface area (Å²) in [6.07, 6.45) is 6.28. The molecule has 1 aliphatic rings. The fourth-order valence-electron chi connectivity index (χ4n) is 2.67. The molecule has 0 aliphatic carbocycles. The van der Waals surface area contributed by atoms with Crippen LogP contribution in [0.5, 0.6) is 0 Å². The fourth-order valence-corrected chi connectivity index (χ4v) is 2.90. The lowest BCUT2D eigenvalue weighted by Gasteiger charge is -2.23. The highest BCUT2D eigenvalue weighted by Crippen LogP contribution is 2.27. The fraction of sp³-hybridized carbons (Fsp3) is 0.438. The lowest BCUT2D eigenvalue weighted by Crippen LogP contribution is -2.33. The highest BCUT2D eigenvalue weighted by Gasteiger charge is 2.13. The van der Waals surface area contributed by atoms with Crippen LogP contribution in [-0.4, -0.2) is 35.4 Å². The minimum absolute atomic E-state index is 0.388. The molecule has 0 radical (unpaired) electrons. The predicted molar refractivity (Wildman–Crippen MR) is 84.5 cm³/mol. The van der Waals surface area contributed by atoms with Gasteiger partial charge in [-0.15, -0.1) is 0 Å². The van der Waals surface area contributed by atoms with Crippen LogP contribution in [0.3, 0.4) is 0 Å². The van der Waals surface area contributed by atoms with E-state index in [1.54, 1.807) is 0 Å². The van der Waals surface area contributed by atoms with Crippen LogP contribution < -0.4 is 5.32 Å². The number of rotatable bonds is 5. The van der Waals surface area contributed by atoms with Crippen LogP contribution >= 0.6 is 11.6 Å². The first kappa shape index (κ1) is 14.6. The molecule has 0 bridgehead atoms.